The molecule has 0 spiro atoms. The maximum Gasteiger partial charge on any atom is 0.123 e. The lowest BCUT2D eigenvalue weighted by molar-refractivity contribution is 0.406. The summed E-state index contributed by atoms with van der Waals surface area (Å²) in [7, 11) is 1.73. The van der Waals surface area contributed by atoms with Crippen LogP contribution in [0.1, 0.15) is 42.6 Å². The van der Waals surface area contributed by atoms with Crippen molar-refractivity contribution in [3.05, 3.63) is 29.3 Å². The number of ether oxygens (including phenoxy) is 1. The van der Waals surface area contributed by atoms with E-state index >= 15 is 0 Å². The Morgan fingerprint density at radius 2 is 2.06 bits per heavy atom. The van der Waals surface area contributed by atoms with Crippen molar-refractivity contribution in [1.82, 2.24) is 0 Å². The first-order chi connectivity index (χ1) is 7.58. The molecule has 0 fully saturated rings. The fourth-order valence-corrected chi connectivity index (χ4v) is 2.74. The molecule has 0 amide bonds. The summed E-state index contributed by atoms with van der Waals surface area (Å²) in [4.78, 5) is 0.386. The van der Waals surface area contributed by atoms with E-state index in [1.165, 1.54) is 17.5 Å². The van der Waals surface area contributed by atoms with Crippen molar-refractivity contribution >= 4 is 15.9 Å². The normalized spacial score (nSPS) is 14.6. The molecule has 0 N–H and O–H groups in total. The molecule has 2 heteroatoms. The van der Waals surface area contributed by atoms with Crippen LogP contribution in [0.15, 0.2) is 18.2 Å². The van der Waals surface area contributed by atoms with Crippen molar-refractivity contribution in [2.24, 2.45) is 5.92 Å². The van der Waals surface area contributed by atoms with Crippen molar-refractivity contribution in [2.45, 2.75) is 38.4 Å². The van der Waals surface area contributed by atoms with Gasteiger partial charge in [-0.15, -0.1) is 0 Å². The first-order valence-corrected chi connectivity index (χ1v) is 6.78. The molecule has 90 valence electrons. The van der Waals surface area contributed by atoms with Gasteiger partial charge in [0.15, 0.2) is 0 Å². The summed E-state index contributed by atoms with van der Waals surface area (Å²) >= 11 is 3.77. The number of benzene rings is 1. The van der Waals surface area contributed by atoms with E-state index in [2.05, 4.69) is 54.9 Å². The molecule has 0 bridgehead atoms. The lowest BCUT2D eigenvalue weighted by Crippen LogP contribution is -2.01. The van der Waals surface area contributed by atoms with Crippen LogP contribution in [-0.2, 0) is 0 Å². The van der Waals surface area contributed by atoms with Crippen LogP contribution in [0.5, 0.6) is 5.75 Å². The van der Waals surface area contributed by atoms with Gasteiger partial charge >= 0.3 is 0 Å². The molecular formula is C14H21BrO. The Kier molecular flexibility index (Phi) is 5.33. The number of aryl methyl sites for hydroxylation is 1. The van der Waals surface area contributed by atoms with E-state index in [4.69, 9.17) is 4.74 Å². The smallest absolute Gasteiger partial charge is 0.123 e. The van der Waals surface area contributed by atoms with Crippen LogP contribution < -0.4 is 4.74 Å². The number of rotatable bonds is 5. The Labute approximate surface area is 107 Å². The summed E-state index contributed by atoms with van der Waals surface area (Å²) < 4.78 is 5.41. The van der Waals surface area contributed by atoms with Crippen molar-refractivity contribution < 1.29 is 4.74 Å². The Morgan fingerprint density at radius 1 is 1.38 bits per heavy atom. The molecule has 0 saturated carbocycles. The van der Waals surface area contributed by atoms with Crippen LogP contribution in [-0.4, -0.2) is 7.11 Å². The first kappa shape index (κ1) is 13.6. The van der Waals surface area contributed by atoms with Gasteiger partial charge in [0, 0.05) is 10.4 Å². The van der Waals surface area contributed by atoms with E-state index in [9.17, 15) is 0 Å². The number of hydrogen-bond acceptors (Lipinski definition) is 1. The van der Waals surface area contributed by atoms with Gasteiger partial charge in [-0.1, -0.05) is 53.9 Å². The highest BCUT2D eigenvalue weighted by Gasteiger charge is 2.15. The van der Waals surface area contributed by atoms with Crippen LogP contribution in [0.25, 0.3) is 0 Å². The summed E-state index contributed by atoms with van der Waals surface area (Å²) in [6, 6.07) is 6.35. The quantitative estimate of drug-likeness (QED) is 0.701. The fourth-order valence-electron chi connectivity index (χ4n) is 1.75. The summed E-state index contributed by atoms with van der Waals surface area (Å²) in [6.45, 7) is 6.64. The molecule has 1 aromatic carbocycles. The van der Waals surface area contributed by atoms with Gasteiger partial charge in [0.1, 0.15) is 5.75 Å². The van der Waals surface area contributed by atoms with E-state index in [-0.39, 0.29) is 0 Å². The van der Waals surface area contributed by atoms with Crippen molar-refractivity contribution in [2.75, 3.05) is 7.11 Å². The molecule has 0 aliphatic carbocycles. The Balaban J connectivity index is 2.88. The number of halogens is 1. The molecule has 0 aromatic heterocycles. The Morgan fingerprint density at radius 3 is 2.62 bits per heavy atom. The third-order valence-electron chi connectivity index (χ3n) is 3.03. The van der Waals surface area contributed by atoms with E-state index in [1.54, 1.807) is 7.11 Å². The van der Waals surface area contributed by atoms with E-state index in [0.29, 0.717) is 4.83 Å². The van der Waals surface area contributed by atoms with Crippen LogP contribution in [0, 0.1) is 12.8 Å². The Hall–Kier alpha value is -0.500. The minimum absolute atomic E-state index is 0.386. The first-order valence-electron chi connectivity index (χ1n) is 5.87. The molecular weight excluding hydrogens is 264 g/mol. The van der Waals surface area contributed by atoms with E-state index in [1.807, 2.05) is 0 Å². The molecule has 1 rings (SSSR count). The van der Waals surface area contributed by atoms with Gasteiger partial charge in [-0.25, -0.2) is 0 Å². The molecule has 0 radical (unpaired) electrons. The second kappa shape index (κ2) is 6.29. The third-order valence-corrected chi connectivity index (χ3v) is 3.90. The number of hydrogen-bond donors (Lipinski definition) is 0. The predicted molar refractivity (Wildman–Crippen MR) is 73.5 cm³/mol. The molecule has 1 nitrogen and oxygen atoms in total. The van der Waals surface area contributed by atoms with Crippen LogP contribution in [0.3, 0.4) is 0 Å². The largest absolute Gasteiger partial charge is 0.496 e. The maximum atomic E-state index is 5.41. The number of alkyl halides is 1. The minimum Gasteiger partial charge on any atom is -0.496 e. The zero-order chi connectivity index (χ0) is 12.1. The lowest BCUT2D eigenvalue weighted by atomic mass is 9.97. The third kappa shape index (κ3) is 3.51. The highest BCUT2D eigenvalue weighted by Crippen LogP contribution is 2.36. The summed E-state index contributed by atoms with van der Waals surface area (Å²) in [5.74, 6) is 1.71. The van der Waals surface area contributed by atoms with Gasteiger partial charge in [-0.2, -0.15) is 0 Å². The second-order valence-corrected chi connectivity index (χ2v) is 5.57. The molecule has 16 heavy (non-hydrogen) atoms. The van der Waals surface area contributed by atoms with Crippen LogP contribution in [0.2, 0.25) is 0 Å². The highest BCUT2D eigenvalue weighted by atomic mass is 79.9. The van der Waals surface area contributed by atoms with Crippen molar-refractivity contribution in [1.29, 1.82) is 0 Å². The molecule has 0 aliphatic rings. The summed E-state index contributed by atoms with van der Waals surface area (Å²) in [6.07, 6.45) is 2.37. The standard InChI is InChI=1S/C14H21BrO/c1-5-10(2)9-13(15)12-8-11(3)6-7-14(12)16-4/h6-8,10,13H,5,9H2,1-4H3. The lowest BCUT2D eigenvalue weighted by Gasteiger charge is -2.18. The molecule has 2 atom stereocenters. The zero-order valence-electron chi connectivity index (χ0n) is 10.6. The zero-order valence-corrected chi connectivity index (χ0v) is 12.2. The van der Waals surface area contributed by atoms with Gasteiger partial charge in [0.2, 0.25) is 0 Å². The maximum absolute atomic E-state index is 5.41. The topological polar surface area (TPSA) is 9.23 Å². The van der Waals surface area contributed by atoms with Gasteiger partial charge in [0.05, 0.1) is 7.11 Å². The monoisotopic (exact) mass is 284 g/mol. The van der Waals surface area contributed by atoms with Crippen molar-refractivity contribution in [3.8, 4) is 5.75 Å². The van der Waals surface area contributed by atoms with Crippen LogP contribution >= 0.6 is 15.9 Å². The molecule has 0 aliphatic heterocycles. The van der Waals surface area contributed by atoms with Gasteiger partial charge < -0.3 is 4.74 Å². The predicted octanol–water partition coefficient (Wildman–Crippen LogP) is 4.88. The van der Waals surface area contributed by atoms with Gasteiger partial charge in [-0.05, 0) is 25.3 Å². The van der Waals surface area contributed by atoms with Crippen molar-refractivity contribution in [3.63, 3.8) is 0 Å². The second-order valence-electron chi connectivity index (χ2n) is 4.46. The molecule has 0 heterocycles. The average molecular weight is 285 g/mol. The highest BCUT2D eigenvalue weighted by molar-refractivity contribution is 9.09. The van der Waals surface area contributed by atoms with Crippen LogP contribution in [0.4, 0.5) is 0 Å². The SMILES string of the molecule is CCC(C)CC(Br)c1cc(C)ccc1OC. The fraction of sp³-hybridized carbons (Fsp3) is 0.571. The van der Waals surface area contributed by atoms with Gasteiger partial charge in [0.25, 0.3) is 0 Å². The average Bonchev–Trinajstić information content (AvgIpc) is 2.28. The summed E-state index contributed by atoms with van der Waals surface area (Å²) in [5.41, 5.74) is 2.55. The van der Waals surface area contributed by atoms with E-state index in [0.717, 1.165) is 18.1 Å². The number of methoxy groups -OCH3 is 1. The molecule has 2 unspecified atom stereocenters. The Bertz CT molecular complexity index is 336. The summed E-state index contributed by atoms with van der Waals surface area (Å²) in [5, 5.41) is 0. The van der Waals surface area contributed by atoms with Gasteiger partial charge in [-0.3, -0.25) is 0 Å². The molecule has 0 saturated heterocycles. The minimum atomic E-state index is 0.386. The molecule has 1 aromatic rings. The van der Waals surface area contributed by atoms with E-state index < -0.39 is 0 Å².